The Balaban J connectivity index is 1.57. The van der Waals surface area contributed by atoms with Crippen molar-refractivity contribution in [3.8, 4) is 0 Å². The Morgan fingerprint density at radius 1 is 1.10 bits per heavy atom. The van der Waals surface area contributed by atoms with E-state index in [9.17, 15) is 19.5 Å². The van der Waals surface area contributed by atoms with Crippen LogP contribution in [0.5, 0.6) is 0 Å². The summed E-state index contributed by atoms with van der Waals surface area (Å²) in [7, 11) is 0. The second kappa shape index (κ2) is 16.5. The predicted octanol–water partition coefficient (Wildman–Crippen LogP) is 5.73. The van der Waals surface area contributed by atoms with E-state index in [1.807, 2.05) is 76.2 Å². The van der Waals surface area contributed by atoms with Gasteiger partial charge >= 0.3 is 5.97 Å². The summed E-state index contributed by atoms with van der Waals surface area (Å²) in [4.78, 5) is 60.2. The minimum absolute atomic E-state index is 0.0956. The number of hydrogen-bond donors (Lipinski definition) is 2. The third-order valence-corrected chi connectivity index (χ3v) is 11.5. The molecule has 2 bridgehead atoms. The van der Waals surface area contributed by atoms with Gasteiger partial charge in [-0.25, -0.2) is 0 Å². The summed E-state index contributed by atoms with van der Waals surface area (Å²) in [6.45, 7) is 17.1. The van der Waals surface area contributed by atoms with Crippen LogP contribution in [0, 0.1) is 31.6 Å². The van der Waals surface area contributed by atoms with Crippen molar-refractivity contribution < 1.29 is 33.8 Å². The summed E-state index contributed by atoms with van der Waals surface area (Å²) >= 11 is 3.76. The maximum absolute atomic E-state index is 15.2. The van der Waals surface area contributed by atoms with Gasteiger partial charge in [0, 0.05) is 23.5 Å². The van der Waals surface area contributed by atoms with E-state index in [0.29, 0.717) is 24.8 Å². The van der Waals surface area contributed by atoms with Gasteiger partial charge in [0.1, 0.15) is 17.7 Å². The number of halogens is 1. The lowest BCUT2D eigenvalue weighted by molar-refractivity contribution is -0.162. The van der Waals surface area contributed by atoms with E-state index in [-0.39, 0.29) is 42.1 Å². The Hall–Kier alpha value is -3.80. The number of carbonyl (C=O) groups excluding carboxylic acids is 4. The first kappa shape index (κ1) is 39.4. The Labute approximate surface area is 315 Å². The van der Waals surface area contributed by atoms with E-state index in [1.165, 1.54) is 4.90 Å². The van der Waals surface area contributed by atoms with Crippen molar-refractivity contribution in [3.05, 3.63) is 90.5 Å². The maximum Gasteiger partial charge on any atom is 0.313 e. The number of aliphatic hydroxyl groups is 1. The third kappa shape index (κ3) is 7.37. The van der Waals surface area contributed by atoms with Crippen molar-refractivity contribution in [2.45, 2.75) is 101 Å². The van der Waals surface area contributed by atoms with Crippen LogP contribution in [-0.4, -0.2) is 81.5 Å². The Morgan fingerprint density at radius 2 is 1.77 bits per heavy atom. The van der Waals surface area contributed by atoms with Crippen LogP contribution < -0.4 is 10.2 Å². The highest BCUT2D eigenvalue weighted by molar-refractivity contribution is 9.09. The minimum Gasteiger partial charge on any atom is -0.455 e. The van der Waals surface area contributed by atoms with E-state index in [2.05, 4.69) is 34.4 Å². The van der Waals surface area contributed by atoms with Gasteiger partial charge in [-0.3, -0.25) is 19.2 Å². The molecule has 3 saturated heterocycles. The quantitative estimate of drug-likeness (QED) is 0.127. The molecule has 280 valence electrons. The third-order valence-electron chi connectivity index (χ3n) is 10.7. The molecule has 3 aliphatic heterocycles. The normalized spacial score (nSPS) is 26.4. The summed E-state index contributed by atoms with van der Waals surface area (Å²) in [5.74, 6) is -3.61. The number of aryl methyl sites for hydroxylation is 2. The number of hydrogen-bond acceptors (Lipinski definition) is 7. The number of esters is 1. The highest BCUT2D eigenvalue weighted by Crippen LogP contribution is 2.61. The van der Waals surface area contributed by atoms with E-state index >= 15 is 4.79 Å². The van der Waals surface area contributed by atoms with Gasteiger partial charge in [-0.2, -0.15) is 0 Å². The molecule has 11 heteroatoms. The van der Waals surface area contributed by atoms with Gasteiger partial charge in [0.25, 0.3) is 5.91 Å². The Kier molecular flexibility index (Phi) is 12.5. The maximum atomic E-state index is 15.2. The van der Waals surface area contributed by atoms with Gasteiger partial charge in [-0.05, 0) is 62.6 Å². The van der Waals surface area contributed by atoms with Gasteiger partial charge in [0.15, 0.2) is 0 Å². The topological polar surface area (TPSA) is 125 Å². The molecule has 1 unspecified atom stereocenters. The molecule has 52 heavy (non-hydrogen) atoms. The van der Waals surface area contributed by atoms with Gasteiger partial charge < -0.3 is 29.7 Å². The van der Waals surface area contributed by atoms with Crippen LogP contribution >= 0.6 is 15.9 Å². The number of anilines is 1. The second-order valence-corrected chi connectivity index (χ2v) is 16.0. The summed E-state index contributed by atoms with van der Waals surface area (Å²) in [5, 5.41) is 13.7. The minimum atomic E-state index is -1.37. The van der Waals surface area contributed by atoms with Crippen LogP contribution in [0.2, 0.25) is 0 Å². The number of nitrogens with one attached hydrogen (secondary N) is 1. The monoisotopic (exact) mass is 777 g/mol. The molecule has 3 heterocycles. The summed E-state index contributed by atoms with van der Waals surface area (Å²) < 4.78 is 13.1. The number of carbonyl (C=O) groups is 4. The molecule has 3 amide bonds. The second-order valence-electron chi connectivity index (χ2n) is 14.8. The fourth-order valence-electron chi connectivity index (χ4n) is 8.57. The molecule has 2 aromatic carbocycles. The van der Waals surface area contributed by atoms with Gasteiger partial charge in [0.2, 0.25) is 11.8 Å². The molecule has 0 aliphatic carbocycles. The molecular formula is C41H52BrN3O7. The Morgan fingerprint density at radius 3 is 2.37 bits per heavy atom. The van der Waals surface area contributed by atoms with Crippen LogP contribution in [0.15, 0.2) is 73.8 Å². The number of amides is 3. The zero-order valence-corrected chi connectivity index (χ0v) is 32.4. The zero-order valence-electron chi connectivity index (χ0n) is 30.8. The molecule has 3 aliphatic rings. The smallest absolute Gasteiger partial charge is 0.313 e. The van der Waals surface area contributed by atoms with Crippen molar-refractivity contribution >= 4 is 45.3 Å². The first-order chi connectivity index (χ1) is 24.8. The molecule has 1 spiro atoms. The molecule has 3 fully saturated rings. The van der Waals surface area contributed by atoms with Gasteiger partial charge in [-0.15, -0.1) is 13.2 Å². The molecule has 5 rings (SSSR count). The van der Waals surface area contributed by atoms with E-state index in [1.54, 1.807) is 24.0 Å². The number of allylic oxidation sites excluding steroid dienone is 1. The number of aliphatic hydroxyl groups excluding tert-OH is 1. The number of nitrogens with zero attached hydrogens (tertiary/aromatic N) is 2. The standard InChI is InChI=1S/C41H52BrN3O7/c1-8-10-19-31(47)43-27(7)35(28-17-12-11-13-18-28)51-40(50)32-33-38(48)45(29(23-46)21-24(3)4)37(41(33)22-30(42)36(32)52-41)39(49)44(20-9-2)34-25(5)15-14-16-26(34)6/h8-9,11-18,24,27,29-30,32-33,35-37,46H,1-2,10,19-23H2,3-7H3,(H,43,47)/t27-,29+,30?,32-,33+,35-,36-,37-,41+/m0/s1. The van der Waals surface area contributed by atoms with Crippen molar-refractivity contribution in [2.75, 3.05) is 18.1 Å². The predicted molar refractivity (Wildman–Crippen MR) is 204 cm³/mol. The highest BCUT2D eigenvalue weighted by Gasteiger charge is 2.77. The van der Waals surface area contributed by atoms with Crippen LogP contribution in [-0.2, 0) is 28.7 Å². The lowest BCUT2D eigenvalue weighted by Crippen LogP contribution is -2.59. The molecule has 2 aromatic rings. The van der Waals surface area contributed by atoms with Crippen LogP contribution in [0.1, 0.15) is 69.2 Å². The highest BCUT2D eigenvalue weighted by atomic mass is 79.9. The fraction of sp³-hybridized carbons (Fsp3) is 0.512. The van der Waals surface area contributed by atoms with Crippen molar-refractivity contribution in [1.82, 2.24) is 10.2 Å². The molecule has 0 saturated carbocycles. The number of ether oxygens (including phenoxy) is 2. The number of fused-ring (bicyclic) bond motifs is 1. The number of alkyl halides is 1. The Bertz CT molecular complexity index is 1650. The summed E-state index contributed by atoms with van der Waals surface area (Å²) in [6.07, 6.45) is 3.19. The molecule has 0 radical (unpaired) electrons. The van der Waals surface area contributed by atoms with Gasteiger partial charge in [-0.1, -0.05) is 90.5 Å². The zero-order chi connectivity index (χ0) is 37.9. The van der Waals surface area contributed by atoms with E-state index in [4.69, 9.17) is 9.47 Å². The first-order valence-corrected chi connectivity index (χ1v) is 19.1. The number of benzene rings is 2. The van der Waals surface area contributed by atoms with Crippen molar-refractivity contribution in [2.24, 2.45) is 17.8 Å². The lowest BCUT2D eigenvalue weighted by atomic mass is 9.70. The summed E-state index contributed by atoms with van der Waals surface area (Å²) in [6, 6.07) is 12.5. The van der Waals surface area contributed by atoms with Crippen LogP contribution in [0.25, 0.3) is 0 Å². The molecule has 2 N–H and O–H groups in total. The van der Waals surface area contributed by atoms with Crippen molar-refractivity contribution in [1.29, 1.82) is 0 Å². The van der Waals surface area contributed by atoms with E-state index in [0.717, 1.165) is 16.8 Å². The van der Waals surface area contributed by atoms with Crippen LogP contribution in [0.3, 0.4) is 0 Å². The van der Waals surface area contributed by atoms with Crippen molar-refractivity contribution in [3.63, 3.8) is 0 Å². The molecule has 9 atom stereocenters. The van der Waals surface area contributed by atoms with Crippen LogP contribution in [0.4, 0.5) is 5.69 Å². The van der Waals surface area contributed by atoms with E-state index < -0.39 is 59.6 Å². The average molecular weight is 779 g/mol. The molecule has 10 nitrogen and oxygen atoms in total. The first-order valence-electron chi connectivity index (χ1n) is 18.2. The fourth-order valence-corrected chi connectivity index (χ4v) is 9.51. The molecule has 0 aromatic heterocycles. The number of rotatable bonds is 16. The lowest BCUT2D eigenvalue weighted by Gasteiger charge is -2.40. The molecular weight excluding hydrogens is 726 g/mol. The largest absolute Gasteiger partial charge is 0.455 e. The van der Waals surface area contributed by atoms with Gasteiger partial charge in [0.05, 0.1) is 36.6 Å². The summed E-state index contributed by atoms with van der Waals surface area (Å²) in [5.41, 5.74) is 1.80. The number of likely N-dealkylation sites (tertiary alicyclic amines) is 1. The SMILES string of the molecule is C=CCCC(=O)N[C@@H](C)[C@H](OC(=O)[C@@H]1[C@H]2O[C@@]3(CC2Br)[C@H](C(=O)N(CC=C)c2c(C)cccc2C)N([C@@H](CO)CC(C)C)C(=O)[C@@H]13)c1ccccc1. The number of para-hydroxylation sites is 1. The average Bonchev–Trinajstić information content (AvgIpc) is 3.71.